The molecule has 0 amide bonds. The van der Waals surface area contributed by atoms with Crippen molar-refractivity contribution in [2.45, 2.75) is 0 Å². The van der Waals surface area contributed by atoms with Gasteiger partial charge in [0.2, 0.25) is 11.7 Å². The third-order valence-corrected chi connectivity index (χ3v) is 3.88. The monoisotopic (exact) mass is 288 g/mol. The zero-order valence-electron chi connectivity index (χ0n) is 10.5. The Balaban J connectivity index is 2.08. The average molecular weight is 288 g/mol. The van der Waals surface area contributed by atoms with Crippen LogP contribution < -0.4 is 4.74 Å². The van der Waals surface area contributed by atoms with Crippen molar-refractivity contribution in [1.29, 1.82) is 0 Å². The van der Waals surface area contributed by atoms with Gasteiger partial charge in [-0.1, -0.05) is 6.07 Å². The van der Waals surface area contributed by atoms with Gasteiger partial charge in [0.25, 0.3) is 0 Å². The first-order valence-corrected chi connectivity index (χ1v) is 6.59. The highest BCUT2D eigenvalue weighted by atomic mass is 32.1. The molecule has 0 aliphatic rings. The largest absolute Gasteiger partial charge is 0.479 e. The van der Waals surface area contributed by atoms with Gasteiger partial charge in [-0.05, 0) is 23.6 Å². The van der Waals surface area contributed by atoms with Crippen molar-refractivity contribution in [2.24, 2.45) is 0 Å². The fourth-order valence-electron chi connectivity index (χ4n) is 1.86. The summed E-state index contributed by atoms with van der Waals surface area (Å²) in [5.74, 6) is -0.423. The molecule has 3 rings (SSSR count). The Morgan fingerprint density at radius 2 is 2.05 bits per heavy atom. The van der Waals surface area contributed by atoms with Gasteiger partial charge >= 0.3 is 0 Å². The van der Waals surface area contributed by atoms with E-state index in [1.54, 1.807) is 12.1 Å². The fraction of sp³-hybridized carbons (Fsp3) is 0.0714. The minimum absolute atomic E-state index is 0.155. The molecule has 0 radical (unpaired) electrons. The van der Waals surface area contributed by atoms with E-state index < -0.39 is 0 Å². The molecule has 0 atom stereocenters. The number of methoxy groups -OCH3 is 1. The van der Waals surface area contributed by atoms with Crippen LogP contribution in [0.1, 0.15) is 15.4 Å². The van der Waals surface area contributed by atoms with Crippen LogP contribution in [-0.2, 0) is 0 Å². The van der Waals surface area contributed by atoms with E-state index in [1.807, 2.05) is 0 Å². The lowest BCUT2D eigenvalue weighted by Crippen LogP contribution is -2.06. The summed E-state index contributed by atoms with van der Waals surface area (Å²) in [6.07, 6.45) is 2.89. The molecule has 0 aliphatic heterocycles. The standard InChI is InChI=1S/C14H9FN2O2S/c1-19-14-12(16-4-5-17-14)13(18)11-6-8-2-3-9(15)7-10(8)20-11/h2-7H,1H3. The Bertz CT molecular complexity index is 801. The number of benzene rings is 1. The Kier molecular flexibility index (Phi) is 3.15. The minimum atomic E-state index is -0.324. The van der Waals surface area contributed by atoms with Crippen LogP contribution in [0.2, 0.25) is 0 Å². The first kappa shape index (κ1) is 12.7. The zero-order chi connectivity index (χ0) is 14.1. The van der Waals surface area contributed by atoms with Gasteiger partial charge in [0, 0.05) is 17.1 Å². The van der Waals surface area contributed by atoms with Crippen molar-refractivity contribution in [3.05, 3.63) is 53.0 Å². The molecule has 0 unspecified atom stereocenters. The van der Waals surface area contributed by atoms with Crippen molar-refractivity contribution in [3.8, 4) is 5.88 Å². The lowest BCUT2D eigenvalue weighted by Gasteiger charge is -2.02. The molecule has 0 aliphatic carbocycles. The maximum Gasteiger partial charge on any atom is 0.243 e. The second kappa shape index (κ2) is 4.97. The smallest absolute Gasteiger partial charge is 0.243 e. The molecule has 0 fully saturated rings. The second-order valence-electron chi connectivity index (χ2n) is 4.04. The molecule has 0 bridgehead atoms. The number of nitrogens with zero attached hydrogens (tertiary/aromatic N) is 2. The van der Waals surface area contributed by atoms with Crippen LogP contribution in [-0.4, -0.2) is 22.9 Å². The number of halogens is 1. The topological polar surface area (TPSA) is 52.1 Å². The summed E-state index contributed by atoms with van der Waals surface area (Å²) >= 11 is 1.22. The molecule has 0 N–H and O–H groups in total. The highest BCUT2D eigenvalue weighted by Gasteiger charge is 2.19. The van der Waals surface area contributed by atoms with E-state index in [0.717, 1.165) is 10.1 Å². The number of rotatable bonds is 3. The van der Waals surface area contributed by atoms with Gasteiger partial charge in [0.1, 0.15) is 5.82 Å². The Labute approximate surface area is 117 Å². The number of aromatic nitrogens is 2. The third-order valence-electron chi connectivity index (χ3n) is 2.78. The maximum atomic E-state index is 13.2. The van der Waals surface area contributed by atoms with E-state index in [-0.39, 0.29) is 23.2 Å². The van der Waals surface area contributed by atoms with Crippen LogP contribution in [0.3, 0.4) is 0 Å². The van der Waals surface area contributed by atoms with Crippen LogP contribution in [0.4, 0.5) is 4.39 Å². The van der Waals surface area contributed by atoms with Crippen molar-refractivity contribution in [3.63, 3.8) is 0 Å². The van der Waals surface area contributed by atoms with Gasteiger partial charge in [-0.3, -0.25) is 4.79 Å². The van der Waals surface area contributed by atoms with Gasteiger partial charge in [0.05, 0.1) is 12.0 Å². The lowest BCUT2D eigenvalue weighted by molar-refractivity contribution is 0.103. The Hall–Kier alpha value is -2.34. The highest BCUT2D eigenvalue weighted by molar-refractivity contribution is 7.21. The first-order valence-electron chi connectivity index (χ1n) is 5.78. The first-order chi connectivity index (χ1) is 9.69. The number of thiophene rings is 1. The lowest BCUT2D eigenvalue weighted by atomic mass is 10.2. The SMILES string of the molecule is COc1nccnc1C(=O)c1cc2ccc(F)cc2s1. The van der Waals surface area contributed by atoms with Crippen LogP contribution >= 0.6 is 11.3 Å². The normalized spacial score (nSPS) is 10.7. The van der Waals surface area contributed by atoms with Gasteiger partial charge in [-0.15, -0.1) is 11.3 Å². The Morgan fingerprint density at radius 3 is 2.85 bits per heavy atom. The molecule has 2 aromatic heterocycles. The summed E-state index contributed by atoms with van der Waals surface area (Å²) in [5, 5.41) is 0.822. The minimum Gasteiger partial charge on any atom is -0.479 e. The summed E-state index contributed by atoms with van der Waals surface area (Å²) in [5.41, 5.74) is 0.155. The summed E-state index contributed by atoms with van der Waals surface area (Å²) in [6, 6.07) is 6.14. The summed E-state index contributed by atoms with van der Waals surface area (Å²) in [6.45, 7) is 0. The van der Waals surface area contributed by atoms with Crippen molar-refractivity contribution >= 4 is 27.2 Å². The fourth-order valence-corrected chi connectivity index (χ4v) is 2.89. The van der Waals surface area contributed by atoms with E-state index in [9.17, 15) is 9.18 Å². The third kappa shape index (κ3) is 2.14. The highest BCUT2D eigenvalue weighted by Crippen LogP contribution is 2.29. The molecular weight excluding hydrogens is 279 g/mol. The molecule has 2 heterocycles. The molecular formula is C14H9FN2O2S. The molecule has 6 heteroatoms. The Morgan fingerprint density at radius 1 is 1.25 bits per heavy atom. The number of ether oxygens (including phenoxy) is 1. The predicted octanol–water partition coefficient (Wildman–Crippen LogP) is 3.07. The van der Waals surface area contributed by atoms with E-state index in [4.69, 9.17) is 4.74 Å². The van der Waals surface area contributed by atoms with Gasteiger partial charge in [-0.2, -0.15) is 0 Å². The van der Waals surface area contributed by atoms with Crippen LogP contribution in [0, 0.1) is 5.82 Å². The number of carbonyl (C=O) groups excluding carboxylic acids is 1. The molecule has 3 aromatic rings. The van der Waals surface area contributed by atoms with E-state index in [0.29, 0.717) is 4.88 Å². The molecule has 100 valence electrons. The molecule has 4 nitrogen and oxygen atoms in total. The van der Waals surface area contributed by atoms with E-state index in [2.05, 4.69) is 9.97 Å². The number of hydrogen-bond acceptors (Lipinski definition) is 5. The predicted molar refractivity (Wildman–Crippen MR) is 73.8 cm³/mol. The van der Waals surface area contributed by atoms with Gasteiger partial charge < -0.3 is 4.74 Å². The van der Waals surface area contributed by atoms with Crippen molar-refractivity contribution in [1.82, 2.24) is 9.97 Å². The molecule has 0 saturated carbocycles. The van der Waals surface area contributed by atoms with Crippen molar-refractivity contribution in [2.75, 3.05) is 7.11 Å². The van der Waals surface area contributed by atoms with Gasteiger partial charge in [-0.25, -0.2) is 14.4 Å². The second-order valence-corrected chi connectivity index (χ2v) is 5.12. The molecule has 1 aromatic carbocycles. The summed E-state index contributed by atoms with van der Waals surface area (Å²) < 4.78 is 18.9. The number of carbonyl (C=O) groups is 1. The molecule has 0 saturated heterocycles. The number of hydrogen-bond donors (Lipinski definition) is 0. The van der Waals surface area contributed by atoms with E-state index >= 15 is 0 Å². The zero-order valence-corrected chi connectivity index (χ0v) is 11.3. The molecule has 20 heavy (non-hydrogen) atoms. The maximum absolute atomic E-state index is 13.2. The number of fused-ring (bicyclic) bond motifs is 1. The average Bonchev–Trinajstić information content (AvgIpc) is 2.89. The van der Waals surface area contributed by atoms with Crippen LogP contribution in [0.15, 0.2) is 36.7 Å². The van der Waals surface area contributed by atoms with Crippen molar-refractivity contribution < 1.29 is 13.9 Å². The van der Waals surface area contributed by atoms with E-state index in [1.165, 1.54) is 43.0 Å². The summed E-state index contributed by atoms with van der Waals surface area (Å²) in [7, 11) is 1.43. The van der Waals surface area contributed by atoms with Crippen LogP contribution in [0.25, 0.3) is 10.1 Å². The summed E-state index contributed by atoms with van der Waals surface area (Å²) in [4.78, 5) is 20.9. The van der Waals surface area contributed by atoms with Crippen LogP contribution in [0.5, 0.6) is 5.88 Å². The number of ketones is 1. The quantitative estimate of drug-likeness (QED) is 0.695. The molecule has 0 spiro atoms. The van der Waals surface area contributed by atoms with Gasteiger partial charge in [0.15, 0.2) is 5.69 Å².